The van der Waals surface area contributed by atoms with Crippen molar-refractivity contribution < 1.29 is 0 Å². The summed E-state index contributed by atoms with van der Waals surface area (Å²) >= 11 is 2.24. The van der Waals surface area contributed by atoms with Crippen LogP contribution in [0.3, 0.4) is 0 Å². The second-order valence-electron chi connectivity index (χ2n) is 4.81. The maximum Gasteiger partial charge on any atom is 0.0173 e. The van der Waals surface area contributed by atoms with Gasteiger partial charge in [0, 0.05) is 11.8 Å². The highest BCUT2D eigenvalue weighted by Crippen LogP contribution is 2.29. The van der Waals surface area contributed by atoms with Gasteiger partial charge in [-0.25, -0.2) is 0 Å². The Hall–Kier alpha value is 0.310. The van der Waals surface area contributed by atoms with Crippen LogP contribution in [0.5, 0.6) is 0 Å². The second-order valence-corrected chi connectivity index (χ2v) is 6.14. The van der Waals surface area contributed by atoms with E-state index in [2.05, 4.69) is 17.1 Å². The highest BCUT2D eigenvalue weighted by Gasteiger charge is 2.17. The Morgan fingerprint density at radius 3 is 2.57 bits per heavy atom. The van der Waals surface area contributed by atoms with Gasteiger partial charge in [0.2, 0.25) is 0 Å². The monoisotopic (exact) mass is 213 g/mol. The van der Waals surface area contributed by atoms with Crippen molar-refractivity contribution in [3.63, 3.8) is 0 Å². The molecule has 0 amide bonds. The molecule has 1 N–H and O–H groups in total. The maximum absolute atomic E-state index is 3.50. The third kappa shape index (κ3) is 3.47. The molecule has 1 atom stereocenters. The predicted molar refractivity (Wildman–Crippen MR) is 64.9 cm³/mol. The zero-order valence-corrected chi connectivity index (χ0v) is 9.95. The lowest BCUT2D eigenvalue weighted by atomic mass is 9.91. The summed E-state index contributed by atoms with van der Waals surface area (Å²) in [5, 5.41) is 4.42. The van der Waals surface area contributed by atoms with Crippen molar-refractivity contribution >= 4 is 11.8 Å². The van der Waals surface area contributed by atoms with E-state index in [0.717, 1.165) is 11.2 Å². The Kier molecular flexibility index (Phi) is 4.65. The maximum atomic E-state index is 3.50. The molecule has 1 nitrogen and oxygen atoms in total. The van der Waals surface area contributed by atoms with E-state index in [1.807, 2.05) is 0 Å². The lowest BCUT2D eigenvalue weighted by molar-refractivity contribution is 0.390. The normalized spacial score (nSPS) is 30.4. The van der Waals surface area contributed by atoms with Crippen molar-refractivity contribution in [3.8, 4) is 0 Å². The molecule has 14 heavy (non-hydrogen) atoms. The van der Waals surface area contributed by atoms with E-state index in [1.165, 1.54) is 63.8 Å². The van der Waals surface area contributed by atoms with E-state index in [1.54, 1.807) is 0 Å². The first-order valence-electron chi connectivity index (χ1n) is 6.27. The van der Waals surface area contributed by atoms with Gasteiger partial charge in [0.25, 0.3) is 0 Å². The van der Waals surface area contributed by atoms with Crippen molar-refractivity contribution in [2.45, 2.75) is 50.2 Å². The molecule has 1 unspecified atom stereocenters. The topological polar surface area (TPSA) is 12.0 Å². The van der Waals surface area contributed by atoms with Gasteiger partial charge in [-0.05, 0) is 43.9 Å². The molecule has 1 aliphatic carbocycles. The second kappa shape index (κ2) is 6.02. The molecule has 2 heteroatoms. The van der Waals surface area contributed by atoms with E-state index in [0.29, 0.717) is 0 Å². The zero-order valence-electron chi connectivity index (χ0n) is 9.13. The fraction of sp³-hybridized carbons (Fsp3) is 1.00. The average Bonchev–Trinajstić information content (AvgIpc) is 2.29. The highest BCUT2D eigenvalue weighted by atomic mass is 32.2. The molecule has 1 saturated carbocycles. The Morgan fingerprint density at radius 1 is 1.00 bits per heavy atom. The molecule has 0 bridgehead atoms. The molecule has 1 saturated heterocycles. The molecule has 82 valence electrons. The van der Waals surface area contributed by atoms with Crippen LogP contribution in [0.1, 0.15) is 44.9 Å². The summed E-state index contributed by atoms with van der Waals surface area (Å²) in [6.45, 7) is 2.51. The Balaban J connectivity index is 1.60. The van der Waals surface area contributed by atoms with E-state index in [4.69, 9.17) is 0 Å². The van der Waals surface area contributed by atoms with Crippen LogP contribution >= 0.6 is 11.8 Å². The number of nitrogens with one attached hydrogen (secondary N) is 1. The first kappa shape index (κ1) is 10.8. The average molecular weight is 213 g/mol. The lowest BCUT2D eigenvalue weighted by Gasteiger charge is -2.26. The summed E-state index contributed by atoms with van der Waals surface area (Å²) in [4.78, 5) is 0. The molecule has 2 rings (SSSR count). The lowest BCUT2D eigenvalue weighted by Crippen LogP contribution is -2.32. The molecule has 0 spiro atoms. The van der Waals surface area contributed by atoms with Gasteiger partial charge in [-0.2, -0.15) is 11.8 Å². The van der Waals surface area contributed by atoms with Gasteiger partial charge >= 0.3 is 0 Å². The van der Waals surface area contributed by atoms with E-state index >= 15 is 0 Å². The minimum atomic E-state index is 0.922. The van der Waals surface area contributed by atoms with Crippen molar-refractivity contribution in [1.82, 2.24) is 5.32 Å². The predicted octanol–water partition coefficient (Wildman–Crippen LogP) is 3.05. The highest BCUT2D eigenvalue weighted by molar-refractivity contribution is 7.99. The quantitative estimate of drug-likeness (QED) is 0.773. The van der Waals surface area contributed by atoms with Gasteiger partial charge in [-0.15, -0.1) is 0 Å². The third-order valence-corrected chi connectivity index (χ3v) is 5.08. The van der Waals surface area contributed by atoms with E-state index in [-0.39, 0.29) is 0 Å². The number of hydrogen-bond acceptors (Lipinski definition) is 2. The number of thioether (sulfide) groups is 1. The van der Waals surface area contributed by atoms with Crippen LogP contribution in [0.15, 0.2) is 0 Å². The minimum absolute atomic E-state index is 0.922. The van der Waals surface area contributed by atoms with Gasteiger partial charge < -0.3 is 5.32 Å². The SMILES string of the molecule is C1CCC(CSC2CCCNC2)CC1. The summed E-state index contributed by atoms with van der Waals surface area (Å²) < 4.78 is 0. The molecular formula is C12H23NS. The Morgan fingerprint density at radius 2 is 1.86 bits per heavy atom. The van der Waals surface area contributed by atoms with Crippen LogP contribution < -0.4 is 5.32 Å². The number of rotatable bonds is 3. The molecule has 2 fully saturated rings. The minimum Gasteiger partial charge on any atom is -0.316 e. The molecule has 2 aliphatic rings. The van der Waals surface area contributed by atoms with Gasteiger partial charge in [-0.1, -0.05) is 19.3 Å². The number of piperidine rings is 1. The van der Waals surface area contributed by atoms with Crippen LogP contribution in [-0.4, -0.2) is 24.1 Å². The summed E-state index contributed by atoms with van der Waals surface area (Å²) in [5.74, 6) is 2.49. The Bertz CT molecular complexity index is 130. The molecule has 0 aromatic carbocycles. The van der Waals surface area contributed by atoms with Gasteiger partial charge in [-0.3, -0.25) is 0 Å². The van der Waals surface area contributed by atoms with Gasteiger partial charge in [0.05, 0.1) is 0 Å². The van der Waals surface area contributed by atoms with Crippen molar-refractivity contribution in [2.24, 2.45) is 5.92 Å². The van der Waals surface area contributed by atoms with Crippen LogP contribution in [0.2, 0.25) is 0 Å². The summed E-state index contributed by atoms with van der Waals surface area (Å²) in [6.07, 6.45) is 10.3. The van der Waals surface area contributed by atoms with Crippen LogP contribution in [0, 0.1) is 5.92 Å². The molecular weight excluding hydrogens is 190 g/mol. The molecule has 0 aromatic heterocycles. The molecule has 1 heterocycles. The summed E-state index contributed by atoms with van der Waals surface area (Å²) in [6, 6.07) is 0. The fourth-order valence-electron chi connectivity index (χ4n) is 2.59. The molecule has 0 radical (unpaired) electrons. The van der Waals surface area contributed by atoms with E-state index < -0.39 is 0 Å². The van der Waals surface area contributed by atoms with Gasteiger partial charge in [0.15, 0.2) is 0 Å². The molecule has 1 aliphatic heterocycles. The third-order valence-electron chi connectivity index (χ3n) is 3.54. The van der Waals surface area contributed by atoms with E-state index in [9.17, 15) is 0 Å². The summed E-state index contributed by atoms with van der Waals surface area (Å²) in [7, 11) is 0. The largest absolute Gasteiger partial charge is 0.316 e. The van der Waals surface area contributed by atoms with Crippen LogP contribution in [-0.2, 0) is 0 Å². The smallest absolute Gasteiger partial charge is 0.0173 e. The van der Waals surface area contributed by atoms with Crippen molar-refractivity contribution in [2.75, 3.05) is 18.8 Å². The first-order valence-corrected chi connectivity index (χ1v) is 7.32. The fourth-order valence-corrected chi connectivity index (χ4v) is 4.03. The first-order chi connectivity index (χ1) is 6.95. The zero-order chi connectivity index (χ0) is 9.64. The van der Waals surface area contributed by atoms with Crippen LogP contribution in [0.4, 0.5) is 0 Å². The van der Waals surface area contributed by atoms with Gasteiger partial charge in [0.1, 0.15) is 0 Å². The Labute approximate surface area is 92.4 Å². The molecule has 0 aromatic rings. The van der Waals surface area contributed by atoms with Crippen molar-refractivity contribution in [1.29, 1.82) is 0 Å². The van der Waals surface area contributed by atoms with Crippen molar-refractivity contribution in [3.05, 3.63) is 0 Å². The standard InChI is InChI=1S/C12H23NS/c1-2-5-11(6-3-1)10-14-12-7-4-8-13-9-12/h11-13H,1-10H2. The number of hydrogen-bond donors (Lipinski definition) is 1. The van der Waals surface area contributed by atoms with Crippen LogP contribution in [0.25, 0.3) is 0 Å². The summed E-state index contributed by atoms with van der Waals surface area (Å²) in [5.41, 5.74) is 0.